The molecule has 1 aliphatic carbocycles. The van der Waals surface area contributed by atoms with Crippen LogP contribution in [0, 0.1) is 12.8 Å². The van der Waals surface area contributed by atoms with Crippen molar-refractivity contribution in [2.75, 3.05) is 6.54 Å². The molecule has 1 atom stereocenters. The largest absolute Gasteiger partial charge is 0.463 e. The molecule has 1 unspecified atom stereocenters. The molecule has 1 amide bonds. The lowest BCUT2D eigenvalue weighted by molar-refractivity contribution is -0.126. The molecule has 18 heavy (non-hydrogen) atoms. The van der Waals surface area contributed by atoms with Gasteiger partial charge in [0.25, 0.3) is 0 Å². The number of hydrogen-bond donors (Lipinski definition) is 2. The van der Waals surface area contributed by atoms with E-state index in [4.69, 9.17) is 4.42 Å². The molecule has 1 heterocycles. The van der Waals surface area contributed by atoms with E-state index in [-0.39, 0.29) is 18.4 Å². The molecular formula is C14H19NO3. The normalized spacial score (nSPS) is 18.8. The van der Waals surface area contributed by atoms with E-state index in [9.17, 15) is 9.90 Å². The van der Waals surface area contributed by atoms with Crippen molar-refractivity contribution in [2.24, 2.45) is 5.92 Å². The number of nitrogens with one attached hydrogen (secondary N) is 1. The van der Waals surface area contributed by atoms with E-state index in [1.54, 1.807) is 19.1 Å². The summed E-state index contributed by atoms with van der Waals surface area (Å²) >= 11 is 0. The molecule has 0 aliphatic heterocycles. The third-order valence-corrected chi connectivity index (χ3v) is 3.26. The van der Waals surface area contributed by atoms with E-state index in [0.717, 1.165) is 18.6 Å². The number of carbonyl (C=O) groups is 1. The van der Waals surface area contributed by atoms with Crippen LogP contribution in [0.15, 0.2) is 28.7 Å². The summed E-state index contributed by atoms with van der Waals surface area (Å²) in [5, 5.41) is 13.1. The van der Waals surface area contributed by atoms with Gasteiger partial charge in [0.15, 0.2) is 0 Å². The van der Waals surface area contributed by atoms with Crippen molar-refractivity contribution in [3.8, 4) is 0 Å². The Kier molecular flexibility index (Phi) is 3.57. The fourth-order valence-corrected chi connectivity index (χ4v) is 2.05. The van der Waals surface area contributed by atoms with E-state index >= 15 is 0 Å². The maximum Gasteiger partial charge on any atom is 0.223 e. The second kappa shape index (κ2) is 4.98. The predicted molar refractivity (Wildman–Crippen MR) is 67.9 cm³/mol. The molecule has 4 heteroatoms. The minimum Gasteiger partial charge on any atom is -0.463 e. The molecule has 0 fully saturated rings. The van der Waals surface area contributed by atoms with Crippen LogP contribution in [0.1, 0.15) is 31.3 Å². The average molecular weight is 249 g/mol. The van der Waals surface area contributed by atoms with Crippen LogP contribution in [-0.4, -0.2) is 17.6 Å². The Hall–Kier alpha value is -1.55. The fourth-order valence-electron chi connectivity index (χ4n) is 2.05. The highest BCUT2D eigenvalue weighted by atomic mass is 16.4. The van der Waals surface area contributed by atoms with Crippen molar-refractivity contribution in [3.05, 3.63) is 35.8 Å². The van der Waals surface area contributed by atoms with Crippen LogP contribution in [0.25, 0.3) is 0 Å². The second-order valence-electron chi connectivity index (χ2n) is 5.04. The molecule has 4 nitrogen and oxygen atoms in total. The molecule has 0 aromatic carbocycles. The lowest BCUT2D eigenvalue weighted by Gasteiger charge is -2.22. The van der Waals surface area contributed by atoms with Gasteiger partial charge in [-0.25, -0.2) is 0 Å². The molecule has 1 aromatic rings. The van der Waals surface area contributed by atoms with Crippen LogP contribution in [0.5, 0.6) is 0 Å². The lowest BCUT2D eigenvalue weighted by Crippen LogP contribution is -2.40. The number of aliphatic hydroxyl groups is 1. The fraction of sp³-hybridized carbons (Fsp3) is 0.500. The summed E-state index contributed by atoms with van der Waals surface area (Å²) in [6.07, 6.45) is 5.60. The third-order valence-electron chi connectivity index (χ3n) is 3.26. The van der Waals surface area contributed by atoms with Crippen molar-refractivity contribution in [1.29, 1.82) is 0 Å². The molecular weight excluding hydrogens is 230 g/mol. The van der Waals surface area contributed by atoms with Crippen LogP contribution in [0.4, 0.5) is 0 Å². The SMILES string of the molecule is Cc1ccc(C(C)(O)CNC(=O)C2CC=CC2)o1. The van der Waals surface area contributed by atoms with Crippen LogP contribution < -0.4 is 5.32 Å². The molecule has 2 rings (SSSR count). The lowest BCUT2D eigenvalue weighted by atomic mass is 10.0. The van der Waals surface area contributed by atoms with Crippen molar-refractivity contribution < 1.29 is 14.3 Å². The first-order valence-electron chi connectivity index (χ1n) is 6.21. The van der Waals surface area contributed by atoms with E-state index in [2.05, 4.69) is 5.32 Å². The number of amides is 1. The Labute approximate surface area is 107 Å². The van der Waals surface area contributed by atoms with E-state index in [0.29, 0.717) is 5.76 Å². The highest BCUT2D eigenvalue weighted by Gasteiger charge is 2.29. The standard InChI is InChI=1S/C14H19NO3/c1-10-7-8-12(18-10)14(2,17)9-15-13(16)11-5-3-4-6-11/h3-4,7-8,11,17H,5-6,9H2,1-2H3,(H,15,16). The zero-order valence-corrected chi connectivity index (χ0v) is 10.8. The minimum atomic E-state index is -1.17. The summed E-state index contributed by atoms with van der Waals surface area (Å²) in [4.78, 5) is 11.8. The first kappa shape index (κ1) is 12.9. The summed E-state index contributed by atoms with van der Waals surface area (Å²) in [7, 11) is 0. The zero-order valence-electron chi connectivity index (χ0n) is 10.8. The monoisotopic (exact) mass is 249 g/mol. The molecule has 2 N–H and O–H groups in total. The number of allylic oxidation sites excluding steroid dienone is 2. The molecule has 0 saturated heterocycles. The number of furan rings is 1. The number of carbonyl (C=O) groups excluding carboxylic acids is 1. The first-order chi connectivity index (χ1) is 8.49. The summed E-state index contributed by atoms with van der Waals surface area (Å²) in [6, 6.07) is 3.53. The van der Waals surface area contributed by atoms with Crippen molar-refractivity contribution in [3.63, 3.8) is 0 Å². The van der Waals surface area contributed by atoms with Crippen LogP contribution in [-0.2, 0) is 10.4 Å². The maximum absolute atomic E-state index is 11.8. The van der Waals surface area contributed by atoms with Gasteiger partial charge in [0.2, 0.25) is 5.91 Å². The maximum atomic E-state index is 11.8. The number of hydrogen-bond acceptors (Lipinski definition) is 3. The molecule has 1 aromatic heterocycles. The van der Waals surface area contributed by atoms with Crippen LogP contribution in [0.2, 0.25) is 0 Å². The Morgan fingerprint density at radius 3 is 2.72 bits per heavy atom. The van der Waals surface area contributed by atoms with Gasteiger partial charge in [0.05, 0.1) is 6.54 Å². The Morgan fingerprint density at radius 2 is 2.17 bits per heavy atom. The quantitative estimate of drug-likeness (QED) is 0.801. The van der Waals surface area contributed by atoms with Gasteiger partial charge < -0.3 is 14.8 Å². The molecule has 0 spiro atoms. The minimum absolute atomic E-state index is 0.0106. The van der Waals surface area contributed by atoms with Crippen molar-refractivity contribution >= 4 is 5.91 Å². The van der Waals surface area contributed by atoms with Gasteiger partial charge >= 0.3 is 0 Å². The highest BCUT2D eigenvalue weighted by molar-refractivity contribution is 5.79. The van der Waals surface area contributed by atoms with Gasteiger partial charge in [0.1, 0.15) is 17.1 Å². The summed E-state index contributed by atoms with van der Waals surface area (Å²) in [5.41, 5.74) is -1.17. The summed E-state index contributed by atoms with van der Waals surface area (Å²) in [6.45, 7) is 3.62. The Morgan fingerprint density at radius 1 is 1.50 bits per heavy atom. The van der Waals surface area contributed by atoms with Gasteiger partial charge in [-0.2, -0.15) is 0 Å². The van der Waals surface area contributed by atoms with Gasteiger partial charge in [0, 0.05) is 5.92 Å². The number of rotatable bonds is 4. The smallest absolute Gasteiger partial charge is 0.223 e. The van der Waals surface area contributed by atoms with Crippen LogP contribution >= 0.6 is 0 Å². The topological polar surface area (TPSA) is 62.5 Å². The van der Waals surface area contributed by atoms with Gasteiger partial charge in [-0.1, -0.05) is 12.2 Å². The average Bonchev–Trinajstić information content (AvgIpc) is 2.96. The number of aryl methyl sites for hydroxylation is 1. The molecule has 98 valence electrons. The first-order valence-corrected chi connectivity index (χ1v) is 6.21. The van der Waals surface area contributed by atoms with E-state index in [1.807, 2.05) is 19.1 Å². The van der Waals surface area contributed by atoms with E-state index in [1.165, 1.54) is 0 Å². The van der Waals surface area contributed by atoms with Gasteiger partial charge in [-0.05, 0) is 38.8 Å². The van der Waals surface area contributed by atoms with Gasteiger partial charge in [-0.3, -0.25) is 4.79 Å². The second-order valence-corrected chi connectivity index (χ2v) is 5.04. The molecule has 0 radical (unpaired) electrons. The molecule has 0 bridgehead atoms. The van der Waals surface area contributed by atoms with Crippen molar-refractivity contribution in [2.45, 2.75) is 32.3 Å². The molecule has 0 saturated carbocycles. The van der Waals surface area contributed by atoms with E-state index < -0.39 is 5.60 Å². The predicted octanol–water partition coefficient (Wildman–Crippen LogP) is 1.88. The third kappa shape index (κ3) is 2.82. The van der Waals surface area contributed by atoms with Crippen LogP contribution in [0.3, 0.4) is 0 Å². The Bertz CT molecular complexity index is 451. The summed E-state index contributed by atoms with van der Waals surface area (Å²) < 4.78 is 5.39. The highest BCUT2D eigenvalue weighted by Crippen LogP contribution is 2.23. The molecule has 1 aliphatic rings. The zero-order chi connectivity index (χ0) is 13.2. The Balaban J connectivity index is 1.90. The van der Waals surface area contributed by atoms with Crippen molar-refractivity contribution in [1.82, 2.24) is 5.32 Å². The van der Waals surface area contributed by atoms with Gasteiger partial charge in [-0.15, -0.1) is 0 Å². The summed E-state index contributed by atoms with van der Waals surface area (Å²) in [5.74, 6) is 1.23.